The van der Waals surface area contributed by atoms with Gasteiger partial charge in [-0.2, -0.15) is 0 Å². The van der Waals surface area contributed by atoms with Crippen molar-refractivity contribution in [2.75, 3.05) is 6.61 Å². The molecule has 0 rings (SSSR count). The van der Waals surface area contributed by atoms with Crippen LogP contribution < -0.4 is 5.32 Å². The summed E-state index contributed by atoms with van der Waals surface area (Å²) in [7, 11) is 0. The first-order valence-electron chi connectivity index (χ1n) is 33.9. The lowest BCUT2D eigenvalue weighted by Crippen LogP contribution is -2.45. The van der Waals surface area contributed by atoms with E-state index in [2.05, 4.69) is 55.6 Å². The van der Waals surface area contributed by atoms with Crippen molar-refractivity contribution in [3.8, 4) is 0 Å². The van der Waals surface area contributed by atoms with E-state index in [4.69, 9.17) is 0 Å². The number of rotatable bonds is 63. The fraction of sp³-hybridized carbons (Fsp3) is 0.871. The molecule has 0 spiro atoms. The molecule has 0 radical (unpaired) electrons. The van der Waals surface area contributed by atoms with Gasteiger partial charge in [-0.1, -0.05) is 358 Å². The minimum atomic E-state index is -0.839. The van der Waals surface area contributed by atoms with Gasteiger partial charge in [0.15, 0.2) is 0 Å². The number of carbonyl (C=O) groups is 1. The summed E-state index contributed by atoms with van der Waals surface area (Å²) in [6, 6.07) is -0.622. The highest BCUT2D eigenvalue weighted by atomic mass is 16.3. The van der Waals surface area contributed by atoms with Crippen molar-refractivity contribution in [2.45, 2.75) is 386 Å². The number of nitrogens with one attached hydrogen (secondary N) is 1. The van der Waals surface area contributed by atoms with E-state index in [9.17, 15) is 15.0 Å². The summed E-state index contributed by atoms with van der Waals surface area (Å²) in [5, 5.41) is 23.3. The van der Waals surface area contributed by atoms with Crippen molar-refractivity contribution in [3.05, 3.63) is 48.6 Å². The lowest BCUT2D eigenvalue weighted by molar-refractivity contribution is -0.123. The molecule has 0 heterocycles. The van der Waals surface area contributed by atoms with Gasteiger partial charge in [0, 0.05) is 6.42 Å². The Morgan fingerprint density at radius 2 is 0.554 bits per heavy atom. The van der Waals surface area contributed by atoms with Crippen LogP contribution in [0.2, 0.25) is 0 Å². The molecule has 74 heavy (non-hydrogen) atoms. The molecule has 436 valence electrons. The predicted octanol–water partition coefficient (Wildman–Crippen LogP) is 22.9. The molecular formula is C70H133NO3. The van der Waals surface area contributed by atoms with E-state index in [1.807, 2.05) is 6.08 Å². The Morgan fingerprint density at radius 3 is 0.824 bits per heavy atom. The second kappa shape index (κ2) is 65.6. The predicted molar refractivity (Wildman–Crippen MR) is 331 cm³/mol. The zero-order valence-electron chi connectivity index (χ0n) is 50.4. The van der Waals surface area contributed by atoms with Gasteiger partial charge in [-0.05, 0) is 57.8 Å². The van der Waals surface area contributed by atoms with Crippen LogP contribution >= 0.6 is 0 Å². The van der Waals surface area contributed by atoms with E-state index in [0.29, 0.717) is 6.42 Å². The van der Waals surface area contributed by atoms with Gasteiger partial charge < -0.3 is 15.5 Å². The second-order valence-corrected chi connectivity index (χ2v) is 23.2. The zero-order valence-corrected chi connectivity index (χ0v) is 50.4. The average Bonchev–Trinajstić information content (AvgIpc) is 3.40. The lowest BCUT2D eigenvalue weighted by Gasteiger charge is -2.20. The highest BCUT2D eigenvalue weighted by Crippen LogP contribution is 2.19. The zero-order chi connectivity index (χ0) is 53.4. The van der Waals surface area contributed by atoms with E-state index in [0.717, 1.165) is 38.5 Å². The van der Waals surface area contributed by atoms with Crippen LogP contribution in [0, 0.1) is 0 Å². The quantitative estimate of drug-likeness (QED) is 0.0420. The van der Waals surface area contributed by atoms with Crippen LogP contribution in [0.3, 0.4) is 0 Å². The molecule has 4 nitrogen and oxygen atoms in total. The van der Waals surface area contributed by atoms with Crippen molar-refractivity contribution in [1.29, 1.82) is 0 Å². The molecule has 0 aromatic carbocycles. The molecule has 4 heteroatoms. The third-order valence-electron chi connectivity index (χ3n) is 15.8. The Hall–Kier alpha value is -1.65. The molecule has 1 amide bonds. The summed E-state index contributed by atoms with van der Waals surface area (Å²) in [6.07, 6.45) is 91.9. The topological polar surface area (TPSA) is 69.6 Å². The second-order valence-electron chi connectivity index (χ2n) is 23.2. The average molecular weight is 1040 g/mol. The van der Waals surface area contributed by atoms with Gasteiger partial charge in [-0.25, -0.2) is 0 Å². The van der Waals surface area contributed by atoms with E-state index >= 15 is 0 Å². The van der Waals surface area contributed by atoms with Gasteiger partial charge in [0.25, 0.3) is 0 Å². The Morgan fingerprint density at radius 1 is 0.324 bits per heavy atom. The van der Waals surface area contributed by atoms with Crippen LogP contribution in [-0.2, 0) is 4.79 Å². The van der Waals surface area contributed by atoms with Crippen LogP contribution in [0.25, 0.3) is 0 Å². The van der Waals surface area contributed by atoms with E-state index in [1.54, 1.807) is 6.08 Å². The van der Waals surface area contributed by atoms with Crippen molar-refractivity contribution in [3.63, 3.8) is 0 Å². The smallest absolute Gasteiger partial charge is 0.220 e. The summed E-state index contributed by atoms with van der Waals surface area (Å²) in [6.45, 7) is 4.33. The number of aliphatic hydroxyl groups is 2. The maximum absolute atomic E-state index is 12.5. The summed E-state index contributed by atoms with van der Waals surface area (Å²) < 4.78 is 0. The first-order valence-corrected chi connectivity index (χ1v) is 33.9. The molecule has 0 saturated heterocycles. The fourth-order valence-electron chi connectivity index (χ4n) is 10.7. The summed E-state index contributed by atoms with van der Waals surface area (Å²) >= 11 is 0. The number of hydrogen-bond donors (Lipinski definition) is 3. The van der Waals surface area contributed by atoms with Gasteiger partial charge in [0.2, 0.25) is 5.91 Å². The Labute approximate surface area is 464 Å². The highest BCUT2D eigenvalue weighted by molar-refractivity contribution is 5.76. The van der Waals surface area contributed by atoms with E-state index in [1.165, 1.54) is 315 Å². The number of unbranched alkanes of at least 4 members (excludes halogenated alkanes) is 50. The number of aliphatic hydroxyl groups excluding tert-OH is 2. The minimum absolute atomic E-state index is 0.0564. The third kappa shape index (κ3) is 61.2. The third-order valence-corrected chi connectivity index (χ3v) is 15.8. The van der Waals surface area contributed by atoms with Crippen molar-refractivity contribution < 1.29 is 15.0 Å². The largest absolute Gasteiger partial charge is 0.394 e. The number of carbonyl (C=O) groups excluding carboxylic acids is 1. The van der Waals surface area contributed by atoms with Gasteiger partial charge in [-0.15, -0.1) is 0 Å². The molecule has 2 atom stereocenters. The monoisotopic (exact) mass is 1040 g/mol. The number of amides is 1. The van der Waals surface area contributed by atoms with Crippen molar-refractivity contribution >= 4 is 5.91 Å². The van der Waals surface area contributed by atoms with Crippen LogP contribution in [-0.4, -0.2) is 34.9 Å². The highest BCUT2D eigenvalue weighted by Gasteiger charge is 2.18. The molecule has 0 saturated carbocycles. The Kier molecular flexibility index (Phi) is 64.2. The van der Waals surface area contributed by atoms with Gasteiger partial charge >= 0.3 is 0 Å². The maximum Gasteiger partial charge on any atom is 0.220 e. The normalized spacial score (nSPS) is 13.0. The summed E-state index contributed by atoms with van der Waals surface area (Å²) in [4.78, 5) is 12.5. The standard InChI is InChI=1S/C70H133NO3/c1-3-5-7-9-11-13-15-17-19-21-23-25-26-27-28-29-30-31-32-33-34-35-36-37-38-39-40-41-42-43-44-46-48-50-52-54-56-58-60-62-64-66-70(74)71-68(67-72)69(73)65-63-61-59-57-55-53-51-49-47-45-24-22-20-18-16-14-12-10-8-6-4-2/h15,17,21,23,26-27,63,65,68-69,72-73H,3-14,16,18-20,22,24-25,28-62,64,66-67H2,1-2H3,(H,71,74)/b17-15-,23-21-,27-26-,65-63+. The molecule has 0 aliphatic heterocycles. The lowest BCUT2D eigenvalue weighted by atomic mass is 10.0. The van der Waals surface area contributed by atoms with Gasteiger partial charge in [0.05, 0.1) is 18.8 Å². The fourth-order valence-corrected chi connectivity index (χ4v) is 10.7. The van der Waals surface area contributed by atoms with Crippen LogP contribution in [0.1, 0.15) is 373 Å². The van der Waals surface area contributed by atoms with E-state index < -0.39 is 12.1 Å². The van der Waals surface area contributed by atoms with Crippen LogP contribution in [0.15, 0.2) is 48.6 Å². The molecule has 3 N–H and O–H groups in total. The summed E-state index contributed by atoms with van der Waals surface area (Å²) in [5.41, 5.74) is 0. The molecule has 0 aromatic rings. The van der Waals surface area contributed by atoms with Crippen molar-refractivity contribution in [1.82, 2.24) is 5.32 Å². The van der Waals surface area contributed by atoms with Crippen LogP contribution in [0.4, 0.5) is 0 Å². The first-order chi connectivity index (χ1) is 36.7. The molecule has 0 fully saturated rings. The summed E-state index contributed by atoms with van der Waals surface area (Å²) in [5.74, 6) is -0.0564. The minimum Gasteiger partial charge on any atom is -0.394 e. The Balaban J connectivity index is 3.40. The molecule has 0 aromatic heterocycles. The van der Waals surface area contributed by atoms with Crippen molar-refractivity contribution in [2.24, 2.45) is 0 Å². The maximum atomic E-state index is 12.5. The molecule has 0 aliphatic rings. The molecule has 2 unspecified atom stereocenters. The Bertz CT molecular complexity index is 1170. The number of allylic oxidation sites excluding steroid dienone is 7. The SMILES string of the molecule is CCCCCCC/C=C\C/C=C\C/C=C\CCCCCCCCCCCCCCCCCCCCCCCCCCCCC(=O)NC(CO)C(O)/C=C/CCCCCCCCCCCCCCCCCCCCC. The van der Waals surface area contributed by atoms with Gasteiger partial charge in [0.1, 0.15) is 0 Å². The number of hydrogen-bond acceptors (Lipinski definition) is 3. The molecular weight excluding hydrogens is 903 g/mol. The molecule has 0 aliphatic carbocycles. The molecule has 0 bridgehead atoms. The van der Waals surface area contributed by atoms with E-state index in [-0.39, 0.29) is 12.5 Å². The van der Waals surface area contributed by atoms with Crippen LogP contribution in [0.5, 0.6) is 0 Å². The van der Waals surface area contributed by atoms with Gasteiger partial charge in [-0.3, -0.25) is 4.79 Å². The first kappa shape index (κ1) is 72.3.